The summed E-state index contributed by atoms with van der Waals surface area (Å²) in [7, 11) is 3.20. The van der Waals surface area contributed by atoms with Crippen LogP contribution < -0.4 is 15.2 Å². The first-order valence-electron chi connectivity index (χ1n) is 4.56. The molecule has 0 bridgehead atoms. The number of rotatable bonds is 3. The molecule has 0 aliphatic rings. The Morgan fingerprint density at radius 3 is 2.19 bits per heavy atom. The maximum atomic E-state index is 5.56. The van der Waals surface area contributed by atoms with Gasteiger partial charge in [0.2, 0.25) is 5.13 Å². The van der Waals surface area contributed by atoms with E-state index in [2.05, 4.69) is 10.2 Å². The maximum absolute atomic E-state index is 5.56. The summed E-state index contributed by atoms with van der Waals surface area (Å²) < 4.78 is 10.5. The summed E-state index contributed by atoms with van der Waals surface area (Å²) in [5.41, 5.74) is 6.34. The van der Waals surface area contributed by atoms with Crippen LogP contribution >= 0.6 is 11.3 Å². The number of nitrogens with zero attached hydrogens (tertiary/aromatic N) is 2. The molecule has 0 amide bonds. The van der Waals surface area contributed by atoms with Crippen LogP contribution in [0.1, 0.15) is 0 Å². The van der Waals surface area contributed by atoms with Gasteiger partial charge in [-0.05, 0) is 12.1 Å². The van der Waals surface area contributed by atoms with Crippen molar-refractivity contribution >= 4 is 16.5 Å². The van der Waals surface area contributed by atoms with E-state index in [4.69, 9.17) is 15.2 Å². The van der Waals surface area contributed by atoms with Crippen molar-refractivity contribution < 1.29 is 9.47 Å². The number of aromatic nitrogens is 2. The Kier molecular flexibility index (Phi) is 2.91. The van der Waals surface area contributed by atoms with Gasteiger partial charge in [0.25, 0.3) is 0 Å². The van der Waals surface area contributed by atoms with Gasteiger partial charge in [0.05, 0.1) is 19.8 Å². The lowest BCUT2D eigenvalue weighted by Crippen LogP contribution is -1.92. The number of hydrogen-bond donors (Lipinski definition) is 1. The smallest absolute Gasteiger partial charge is 0.203 e. The van der Waals surface area contributed by atoms with Crippen LogP contribution in [0.5, 0.6) is 11.5 Å². The van der Waals surface area contributed by atoms with Crippen LogP contribution in [0.25, 0.3) is 10.6 Å². The molecule has 16 heavy (non-hydrogen) atoms. The van der Waals surface area contributed by atoms with Crippen molar-refractivity contribution in [3.8, 4) is 22.1 Å². The molecule has 84 valence electrons. The molecule has 0 unspecified atom stereocenters. The van der Waals surface area contributed by atoms with Gasteiger partial charge in [-0.3, -0.25) is 0 Å². The van der Waals surface area contributed by atoms with Gasteiger partial charge >= 0.3 is 0 Å². The minimum atomic E-state index is 0.419. The average Bonchev–Trinajstić information content (AvgIpc) is 2.74. The molecule has 5 nitrogen and oxygen atoms in total. The van der Waals surface area contributed by atoms with Crippen LogP contribution in [0.15, 0.2) is 18.2 Å². The summed E-state index contributed by atoms with van der Waals surface area (Å²) in [6, 6.07) is 5.54. The molecule has 2 rings (SSSR count). The number of hydrogen-bond acceptors (Lipinski definition) is 6. The molecule has 6 heteroatoms. The van der Waals surface area contributed by atoms with Gasteiger partial charge in [-0.25, -0.2) is 0 Å². The van der Waals surface area contributed by atoms with E-state index in [9.17, 15) is 0 Å². The Bertz CT molecular complexity index is 476. The first-order chi connectivity index (χ1) is 7.76. The molecule has 2 aromatic rings. The summed E-state index contributed by atoms with van der Waals surface area (Å²) in [6.45, 7) is 0. The number of ether oxygens (including phenoxy) is 2. The van der Waals surface area contributed by atoms with E-state index in [1.807, 2.05) is 18.2 Å². The van der Waals surface area contributed by atoms with E-state index >= 15 is 0 Å². The molecule has 0 aliphatic heterocycles. The van der Waals surface area contributed by atoms with Crippen LogP contribution in [0.4, 0.5) is 5.13 Å². The van der Waals surface area contributed by atoms with Crippen molar-refractivity contribution in [1.29, 1.82) is 0 Å². The van der Waals surface area contributed by atoms with Crippen LogP contribution in [-0.4, -0.2) is 24.4 Å². The Hall–Kier alpha value is -1.82. The van der Waals surface area contributed by atoms with Crippen LogP contribution in [-0.2, 0) is 0 Å². The zero-order chi connectivity index (χ0) is 11.5. The maximum Gasteiger partial charge on any atom is 0.203 e. The minimum absolute atomic E-state index is 0.419. The van der Waals surface area contributed by atoms with Gasteiger partial charge in [0, 0.05) is 0 Å². The second-order valence-corrected chi connectivity index (χ2v) is 3.99. The highest BCUT2D eigenvalue weighted by Crippen LogP contribution is 2.39. The van der Waals surface area contributed by atoms with Gasteiger partial charge in [0.15, 0.2) is 5.01 Å². The quantitative estimate of drug-likeness (QED) is 0.881. The highest BCUT2D eigenvalue weighted by molar-refractivity contribution is 7.18. The monoisotopic (exact) mass is 237 g/mol. The molecular formula is C10H11N3O2S. The number of benzene rings is 1. The van der Waals surface area contributed by atoms with E-state index in [-0.39, 0.29) is 0 Å². The van der Waals surface area contributed by atoms with E-state index in [0.717, 1.165) is 5.56 Å². The van der Waals surface area contributed by atoms with Crippen molar-refractivity contribution in [3.63, 3.8) is 0 Å². The minimum Gasteiger partial charge on any atom is -0.496 e. The van der Waals surface area contributed by atoms with Crippen molar-refractivity contribution in [2.24, 2.45) is 0 Å². The van der Waals surface area contributed by atoms with Crippen molar-refractivity contribution in [1.82, 2.24) is 10.2 Å². The topological polar surface area (TPSA) is 70.3 Å². The Morgan fingerprint density at radius 1 is 1.12 bits per heavy atom. The molecule has 0 atom stereocenters. The first-order valence-corrected chi connectivity index (χ1v) is 5.38. The fraction of sp³-hybridized carbons (Fsp3) is 0.200. The first kappa shape index (κ1) is 10.7. The predicted molar refractivity (Wildman–Crippen MR) is 62.9 cm³/mol. The van der Waals surface area contributed by atoms with Crippen molar-refractivity contribution in [3.05, 3.63) is 18.2 Å². The highest BCUT2D eigenvalue weighted by atomic mass is 32.1. The third-order valence-corrected chi connectivity index (χ3v) is 2.85. The number of anilines is 1. The molecule has 0 spiro atoms. The van der Waals surface area contributed by atoms with Gasteiger partial charge in [-0.1, -0.05) is 17.4 Å². The molecule has 1 heterocycles. The van der Waals surface area contributed by atoms with Crippen molar-refractivity contribution in [2.75, 3.05) is 20.0 Å². The molecule has 0 aliphatic carbocycles. The average molecular weight is 237 g/mol. The summed E-state index contributed by atoms with van der Waals surface area (Å²) in [5, 5.41) is 8.87. The molecule has 1 aromatic carbocycles. The van der Waals surface area contributed by atoms with Gasteiger partial charge in [-0.2, -0.15) is 0 Å². The number of nitrogen functional groups attached to an aromatic ring is 1. The van der Waals surface area contributed by atoms with E-state index in [1.165, 1.54) is 11.3 Å². The van der Waals surface area contributed by atoms with Gasteiger partial charge in [-0.15, -0.1) is 10.2 Å². The molecule has 2 N–H and O–H groups in total. The van der Waals surface area contributed by atoms with Gasteiger partial charge in [0.1, 0.15) is 11.5 Å². The third-order valence-electron chi connectivity index (χ3n) is 2.08. The van der Waals surface area contributed by atoms with Crippen molar-refractivity contribution in [2.45, 2.75) is 0 Å². The fourth-order valence-electron chi connectivity index (χ4n) is 1.40. The second kappa shape index (κ2) is 4.36. The molecule has 0 radical (unpaired) electrons. The highest BCUT2D eigenvalue weighted by Gasteiger charge is 2.16. The second-order valence-electron chi connectivity index (χ2n) is 2.98. The number of methoxy groups -OCH3 is 2. The van der Waals surface area contributed by atoms with Crippen LogP contribution in [0.2, 0.25) is 0 Å². The third kappa shape index (κ3) is 1.79. The zero-order valence-corrected chi connectivity index (χ0v) is 9.75. The molecule has 1 aromatic heterocycles. The summed E-state index contributed by atoms with van der Waals surface area (Å²) >= 11 is 1.30. The Labute approximate surface area is 96.8 Å². The van der Waals surface area contributed by atoms with E-state index in [1.54, 1.807) is 14.2 Å². The predicted octanol–water partition coefficient (Wildman–Crippen LogP) is 1.80. The van der Waals surface area contributed by atoms with E-state index in [0.29, 0.717) is 21.6 Å². The lowest BCUT2D eigenvalue weighted by molar-refractivity contribution is 0.397. The lowest BCUT2D eigenvalue weighted by atomic mass is 10.2. The summed E-state index contributed by atoms with van der Waals surface area (Å²) in [5.74, 6) is 1.38. The Morgan fingerprint density at radius 2 is 1.75 bits per heavy atom. The zero-order valence-electron chi connectivity index (χ0n) is 8.93. The van der Waals surface area contributed by atoms with Crippen LogP contribution in [0, 0.1) is 0 Å². The SMILES string of the molecule is COc1cccc(OC)c1-c1nnc(N)s1. The largest absolute Gasteiger partial charge is 0.496 e. The lowest BCUT2D eigenvalue weighted by Gasteiger charge is -2.09. The van der Waals surface area contributed by atoms with Crippen LogP contribution in [0.3, 0.4) is 0 Å². The fourth-order valence-corrected chi connectivity index (χ4v) is 2.06. The Balaban J connectivity index is 2.60. The molecule has 0 fully saturated rings. The number of nitrogens with two attached hydrogens (primary N) is 1. The molecule has 0 saturated carbocycles. The summed E-state index contributed by atoms with van der Waals surface area (Å²) in [4.78, 5) is 0. The normalized spacial score (nSPS) is 10.1. The summed E-state index contributed by atoms with van der Waals surface area (Å²) in [6.07, 6.45) is 0. The van der Waals surface area contributed by atoms with Gasteiger partial charge < -0.3 is 15.2 Å². The molecule has 0 saturated heterocycles. The molecular weight excluding hydrogens is 226 g/mol. The van der Waals surface area contributed by atoms with E-state index < -0.39 is 0 Å². The standard InChI is InChI=1S/C10H11N3O2S/c1-14-6-4-3-5-7(15-2)8(6)9-12-13-10(11)16-9/h3-5H,1-2H3,(H2,11,13).